The average Bonchev–Trinajstić information content (AvgIpc) is 3.38. The number of methoxy groups -OCH3 is 1. The molecule has 1 saturated heterocycles. The first-order valence-electron chi connectivity index (χ1n) is 12.6. The molecule has 0 unspecified atom stereocenters. The normalized spacial score (nSPS) is 24.1. The number of fused-ring (bicyclic) bond motifs is 1. The van der Waals surface area contributed by atoms with Crippen molar-refractivity contribution in [2.45, 2.75) is 69.7 Å². The van der Waals surface area contributed by atoms with Gasteiger partial charge in [-0.25, -0.2) is 9.59 Å². The van der Waals surface area contributed by atoms with E-state index in [4.69, 9.17) is 39.5 Å². The van der Waals surface area contributed by atoms with Gasteiger partial charge in [-0.3, -0.25) is 4.84 Å². The third-order valence-electron chi connectivity index (χ3n) is 7.12. The SMILES string of the molecule is C#CCONC(=O)O[C@H]1[C@@H](O)[C@H](Oc2ccc3c(O)c(C(C)=NOC)c(=O)oc3c2C)OC2(CCCC2)[C@@H]1OC. The molecule has 1 spiro atoms. The van der Waals surface area contributed by atoms with Crippen LogP contribution in [0.15, 0.2) is 26.5 Å². The van der Waals surface area contributed by atoms with Crippen molar-refractivity contribution in [2.75, 3.05) is 20.8 Å². The lowest BCUT2D eigenvalue weighted by molar-refractivity contribution is -0.313. The van der Waals surface area contributed by atoms with Crippen molar-refractivity contribution in [1.29, 1.82) is 0 Å². The predicted octanol–water partition coefficient (Wildman–Crippen LogP) is 2.26. The monoisotopic (exact) mass is 560 g/mol. The molecule has 1 saturated carbocycles. The zero-order valence-electron chi connectivity index (χ0n) is 22.6. The van der Waals surface area contributed by atoms with E-state index < -0.39 is 41.9 Å². The highest BCUT2D eigenvalue weighted by molar-refractivity contribution is 6.04. The number of nitrogens with one attached hydrogen (secondary N) is 1. The number of aromatic hydroxyl groups is 1. The number of oxime groups is 1. The molecule has 1 aromatic carbocycles. The summed E-state index contributed by atoms with van der Waals surface area (Å²) in [4.78, 5) is 34.6. The van der Waals surface area contributed by atoms with Gasteiger partial charge in [0, 0.05) is 12.7 Å². The van der Waals surface area contributed by atoms with Crippen molar-refractivity contribution < 1.29 is 48.0 Å². The molecule has 40 heavy (non-hydrogen) atoms. The van der Waals surface area contributed by atoms with Crippen LogP contribution in [0.4, 0.5) is 4.79 Å². The van der Waals surface area contributed by atoms with Crippen LogP contribution in [0, 0.1) is 19.3 Å². The second kappa shape index (κ2) is 12.1. The summed E-state index contributed by atoms with van der Waals surface area (Å²) in [6.07, 6.45) is 2.21. The number of carbonyl (C=O) groups excluding carboxylic acids is 1. The summed E-state index contributed by atoms with van der Waals surface area (Å²) in [5, 5.41) is 26.0. The molecule has 2 aromatic rings. The van der Waals surface area contributed by atoms with E-state index in [-0.39, 0.29) is 40.4 Å². The van der Waals surface area contributed by atoms with Crippen LogP contribution < -0.4 is 15.8 Å². The summed E-state index contributed by atoms with van der Waals surface area (Å²) >= 11 is 0. The molecule has 1 amide bonds. The molecular weight excluding hydrogens is 528 g/mol. The molecule has 4 rings (SSSR count). The fourth-order valence-electron chi connectivity index (χ4n) is 5.36. The van der Waals surface area contributed by atoms with Crippen LogP contribution >= 0.6 is 0 Å². The van der Waals surface area contributed by atoms with Crippen molar-refractivity contribution in [3.05, 3.63) is 33.7 Å². The highest BCUT2D eigenvalue weighted by atomic mass is 16.7. The first-order chi connectivity index (χ1) is 19.2. The number of rotatable bonds is 8. The number of hydroxylamine groups is 1. The molecule has 4 atom stereocenters. The highest BCUT2D eigenvalue weighted by Crippen LogP contribution is 2.45. The Hall–Kier alpha value is -3.83. The van der Waals surface area contributed by atoms with E-state index in [2.05, 4.69) is 16.6 Å². The van der Waals surface area contributed by atoms with Gasteiger partial charge in [-0.15, -0.1) is 6.42 Å². The standard InChI is InChI=1S/C27H32N2O11/c1-6-13-36-29-26(33)39-22-20(31)25(40-27(23(22)34-4)11-7-8-12-27)37-17-10-9-16-19(30)18(15(3)28-35-5)24(32)38-21(16)14(17)2/h1,9-10,20,22-23,25,30-31H,7-8,11-13H2,2-5H3,(H,29,33)/t20-,22+,23-,25-/m1/s1. The van der Waals surface area contributed by atoms with Gasteiger partial charge in [-0.1, -0.05) is 23.9 Å². The lowest BCUT2D eigenvalue weighted by Crippen LogP contribution is -2.66. The fraction of sp³-hybridized carbons (Fsp3) is 0.519. The van der Waals surface area contributed by atoms with E-state index in [1.807, 2.05) is 0 Å². The van der Waals surface area contributed by atoms with E-state index in [0.29, 0.717) is 18.4 Å². The predicted molar refractivity (Wildman–Crippen MR) is 140 cm³/mol. The van der Waals surface area contributed by atoms with Gasteiger partial charge in [0.05, 0.1) is 11.1 Å². The number of carbonyl (C=O) groups is 1. The van der Waals surface area contributed by atoms with Gasteiger partial charge in [0.1, 0.15) is 48.1 Å². The van der Waals surface area contributed by atoms with Crippen molar-refractivity contribution in [3.8, 4) is 23.8 Å². The molecule has 1 aliphatic heterocycles. The molecular formula is C27H32N2O11. The summed E-state index contributed by atoms with van der Waals surface area (Å²) in [5.41, 5.74) is 0.788. The number of terminal acetylenes is 1. The van der Waals surface area contributed by atoms with E-state index in [1.54, 1.807) is 13.0 Å². The molecule has 13 nitrogen and oxygen atoms in total. The van der Waals surface area contributed by atoms with Gasteiger partial charge in [-0.2, -0.15) is 5.48 Å². The molecule has 2 heterocycles. The summed E-state index contributed by atoms with van der Waals surface area (Å²) in [6.45, 7) is 2.94. The molecule has 2 aliphatic rings. The van der Waals surface area contributed by atoms with Crippen LogP contribution in [-0.2, 0) is 23.9 Å². The summed E-state index contributed by atoms with van der Waals surface area (Å²) in [7, 11) is 2.76. The van der Waals surface area contributed by atoms with Gasteiger partial charge in [0.25, 0.3) is 0 Å². The van der Waals surface area contributed by atoms with Crippen molar-refractivity contribution in [1.82, 2.24) is 5.48 Å². The Morgan fingerprint density at radius 3 is 2.67 bits per heavy atom. The third kappa shape index (κ3) is 5.44. The second-order valence-electron chi connectivity index (χ2n) is 9.53. The van der Waals surface area contributed by atoms with Crippen LogP contribution in [0.25, 0.3) is 11.0 Å². The smallest absolute Gasteiger partial charge is 0.431 e. The van der Waals surface area contributed by atoms with Crippen LogP contribution in [-0.4, -0.2) is 73.0 Å². The molecule has 0 radical (unpaired) electrons. The molecule has 1 aromatic heterocycles. The van der Waals surface area contributed by atoms with Crippen LogP contribution in [0.3, 0.4) is 0 Å². The highest BCUT2D eigenvalue weighted by Gasteiger charge is 2.58. The van der Waals surface area contributed by atoms with Crippen molar-refractivity contribution in [2.24, 2.45) is 5.16 Å². The summed E-state index contributed by atoms with van der Waals surface area (Å²) in [6, 6.07) is 3.04. The van der Waals surface area contributed by atoms with Crippen molar-refractivity contribution >= 4 is 22.8 Å². The fourth-order valence-corrected chi connectivity index (χ4v) is 5.36. The second-order valence-corrected chi connectivity index (χ2v) is 9.53. The number of hydrogen-bond donors (Lipinski definition) is 3. The Kier molecular flexibility index (Phi) is 8.85. The summed E-state index contributed by atoms with van der Waals surface area (Å²) < 4.78 is 29.1. The average molecular weight is 561 g/mol. The maximum Gasteiger partial charge on any atom is 0.431 e. The molecule has 3 N–H and O–H groups in total. The van der Waals surface area contributed by atoms with E-state index in [0.717, 1.165) is 12.8 Å². The minimum absolute atomic E-state index is 0.0717. The topological polar surface area (TPSA) is 168 Å². The molecule has 2 fully saturated rings. The lowest BCUT2D eigenvalue weighted by Gasteiger charge is -2.49. The van der Waals surface area contributed by atoms with Crippen LogP contribution in [0.5, 0.6) is 11.5 Å². The number of nitrogens with zero attached hydrogens (tertiary/aromatic N) is 1. The molecule has 1 aliphatic carbocycles. The Morgan fingerprint density at radius 1 is 1.30 bits per heavy atom. The molecule has 13 heteroatoms. The van der Waals surface area contributed by atoms with E-state index >= 15 is 0 Å². The minimum Gasteiger partial charge on any atom is -0.506 e. The van der Waals surface area contributed by atoms with Gasteiger partial charge >= 0.3 is 11.7 Å². The lowest BCUT2D eigenvalue weighted by atomic mass is 9.85. The first kappa shape index (κ1) is 29.2. The third-order valence-corrected chi connectivity index (χ3v) is 7.12. The number of aliphatic hydroxyl groups is 1. The quantitative estimate of drug-likeness (QED) is 0.142. The Labute approximate surface area is 229 Å². The van der Waals surface area contributed by atoms with Gasteiger partial charge in [0.15, 0.2) is 12.2 Å². The van der Waals surface area contributed by atoms with Crippen LogP contribution in [0.1, 0.15) is 43.7 Å². The Balaban J connectivity index is 1.67. The number of aryl methyl sites for hydroxylation is 1. The summed E-state index contributed by atoms with van der Waals surface area (Å²) in [5.74, 6) is 2.09. The van der Waals surface area contributed by atoms with Crippen LogP contribution in [0.2, 0.25) is 0 Å². The van der Waals surface area contributed by atoms with Gasteiger partial charge in [0.2, 0.25) is 6.29 Å². The van der Waals surface area contributed by atoms with Gasteiger partial charge < -0.3 is 38.4 Å². The maximum atomic E-state index is 12.7. The Bertz CT molecular complexity index is 1370. The van der Waals surface area contributed by atoms with E-state index in [9.17, 15) is 19.8 Å². The molecule has 0 bridgehead atoms. The number of hydrogen-bond acceptors (Lipinski definition) is 12. The minimum atomic E-state index is -1.49. The number of aliphatic hydroxyl groups excluding tert-OH is 1. The zero-order chi connectivity index (χ0) is 29.0. The number of amides is 1. The Morgan fingerprint density at radius 2 is 2.02 bits per heavy atom. The van der Waals surface area contributed by atoms with Crippen molar-refractivity contribution in [3.63, 3.8) is 0 Å². The largest absolute Gasteiger partial charge is 0.506 e. The molecule has 216 valence electrons. The van der Waals surface area contributed by atoms with E-state index in [1.165, 1.54) is 27.2 Å². The number of benzene rings is 1. The number of ether oxygens (including phenoxy) is 4. The van der Waals surface area contributed by atoms with Gasteiger partial charge in [-0.05, 0) is 38.8 Å². The maximum absolute atomic E-state index is 12.7. The zero-order valence-corrected chi connectivity index (χ0v) is 22.6. The first-order valence-corrected chi connectivity index (χ1v) is 12.6.